The second-order valence-corrected chi connectivity index (χ2v) is 7.65. The number of hydrogen-bond donors (Lipinski definition) is 0. The molecule has 144 valence electrons. The summed E-state index contributed by atoms with van der Waals surface area (Å²) in [5.74, 6) is 0.769. The Morgan fingerprint density at radius 3 is 2.59 bits per heavy atom. The normalized spacial score (nSPS) is 11.3. The summed E-state index contributed by atoms with van der Waals surface area (Å²) in [6, 6.07) is 25.7. The van der Waals surface area contributed by atoms with E-state index in [1.165, 1.54) is 0 Å². The predicted molar refractivity (Wildman–Crippen MR) is 123 cm³/mol. The van der Waals surface area contributed by atoms with Gasteiger partial charge in [-0.3, -0.25) is 4.99 Å². The third kappa shape index (κ3) is 4.61. The Kier molecular flexibility index (Phi) is 5.84. The van der Waals surface area contributed by atoms with Gasteiger partial charge in [-0.25, -0.2) is 0 Å². The van der Waals surface area contributed by atoms with E-state index in [-0.39, 0.29) is 0 Å². The van der Waals surface area contributed by atoms with Crippen LogP contribution >= 0.6 is 23.2 Å². The monoisotopic (exact) mass is 419 g/mol. The Labute approximate surface area is 180 Å². The van der Waals surface area contributed by atoms with Gasteiger partial charge in [-0.1, -0.05) is 71.7 Å². The van der Waals surface area contributed by atoms with Crippen molar-refractivity contribution < 1.29 is 4.74 Å². The highest BCUT2D eigenvalue weighted by atomic mass is 35.5. The van der Waals surface area contributed by atoms with Crippen LogP contribution in [0.5, 0.6) is 5.75 Å². The van der Waals surface area contributed by atoms with E-state index in [9.17, 15) is 0 Å². The molecule has 0 atom stereocenters. The molecule has 0 radical (unpaired) electrons. The zero-order valence-electron chi connectivity index (χ0n) is 15.9. The minimum atomic E-state index is 0.427. The van der Waals surface area contributed by atoms with Crippen molar-refractivity contribution in [2.75, 3.05) is 0 Å². The molecular weight excluding hydrogens is 401 g/mol. The number of rotatable bonds is 5. The third-order valence-electron chi connectivity index (χ3n) is 4.71. The second kappa shape index (κ2) is 8.69. The molecule has 0 heterocycles. The summed E-state index contributed by atoms with van der Waals surface area (Å²) in [4.78, 5) is 4.65. The maximum Gasteiger partial charge on any atom is 0.129 e. The second-order valence-electron chi connectivity index (χ2n) is 6.81. The summed E-state index contributed by atoms with van der Waals surface area (Å²) in [5, 5.41) is 3.61. The molecule has 0 bridgehead atoms. The molecule has 0 fully saturated rings. The first-order valence-electron chi connectivity index (χ1n) is 9.29. The Morgan fingerprint density at radius 1 is 0.897 bits per heavy atom. The fraction of sp³-hybridized carbons (Fsp3) is 0.0800. The molecule has 0 saturated carbocycles. The van der Waals surface area contributed by atoms with Crippen LogP contribution in [-0.4, -0.2) is 6.21 Å². The smallest absolute Gasteiger partial charge is 0.129 e. The van der Waals surface area contributed by atoms with Crippen LogP contribution in [-0.2, 0) is 6.61 Å². The molecule has 0 aromatic heterocycles. The van der Waals surface area contributed by atoms with Crippen molar-refractivity contribution in [3.05, 3.63) is 106 Å². The Bertz CT molecular complexity index is 1200. The number of halogens is 2. The summed E-state index contributed by atoms with van der Waals surface area (Å²) in [5.41, 5.74) is 3.77. The molecule has 0 aliphatic carbocycles. The molecular formula is C25H19Cl2NO. The quantitative estimate of drug-likeness (QED) is 0.302. The van der Waals surface area contributed by atoms with E-state index in [0.29, 0.717) is 16.7 Å². The molecule has 0 spiro atoms. The number of aliphatic imine (C=N–C) groups is 1. The highest BCUT2D eigenvalue weighted by molar-refractivity contribution is 6.31. The zero-order valence-corrected chi connectivity index (χ0v) is 17.4. The van der Waals surface area contributed by atoms with Gasteiger partial charge in [0.1, 0.15) is 12.4 Å². The summed E-state index contributed by atoms with van der Waals surface area (Å²) in [7, 11) is 0. The highest BCUT2D eigenvalue weighted by Gasteiger charge is 2.08. The van der Waals surface area contributed by atoms with E-state index in [4.69, 9.17) is 27.9 Å². The van der Waals surface area contributed by atoms with Gasteiger partial charge < -0.3 is 4.74 Å². The van der Waals surface area contributed by atoms with Gasteiger partial charge in [0.25, 0.3) is 0 Å². The topological polar surface area (TPSA) is 21.6 Å². The number of nitrogens with zero attached hydrogens (tertiary/aromatic N) is 1. The van der Waals surface area contributed by atoms with Crippen molar-refractivity contribution in [1.29, 1.82) is 0 Å². The molecule has 4 rings (SSSR count). The summed E-state index contributed by atoms with van der Waals surface area (Å²) in [6.07, 6.45) is 1.84. The molecule has 0 saturated heterocycles. The van der Waals surface area contributed by atoms with Crippen LogP contribution in [0.2, 0.25) is 10.0 Å². The van der Waals surface area contributed by atoms with Gasteiger partial charge in [0.05, 0.1) is 5.69 Å². The minimum absolute atomic E-state index is 0.427. The van der Waals surface area contributed by atoms with Gasteiger partial charge in [0.2, 0.25) is 0 Å². The molecule has 0 N–H and O–H groups in total. The third-order valence-corrected chi connectivity index (χ3v) is 5.35. The predicted octanol–water partition coefficient (Wildman–Crippen LogP) is 7.78. The van der Waals surface area contributed by atoms with Gasteiger partial charge in [0.15, 0.2) is 0 Å². The summed E-state index contributed by atoms with van der Waals surface area (Å²) in [6.45, 7) is 2.40. The van der Waals surface area contributed by atoms with Crippen LogP contribution in [0.25, 0.3) is 10.8 Å². The lowest BCUT2D eigenvalue weighted by atomic mass is 10.0. The van der Waals surface area contributed by atoms with E-state index < -0.39 is 0 Å². The maximum absolute atomic E-state index is 6.24. The Morgan fingerprint density at radius 2 is 1.76 bits per heavy atom. The average Bonchev–Trinajstić information content (AvgIpc) is 2.73. The highest BCUT2D eigenvalue weighted by Crippen LogP contribution is 2.29. The van der Waals surface area contributed by atoms with E-state index in [2.05, 4.69) is 23.2 Å². The van der Waals surface area contributed by atoms with Gasteiger partial charge in [-0.05, 0) is 59.2 Å². The Balaban J connectivity index is 1.70. The van der Waals surface area contributed by atoms with E-state index in [1.807, 2.05) is 73.8 Å². The van der Waals surface area contributed by atoms with E-state index >= 15 is 0 Å². The molecule has 0 aliphatic rings. The summed E-state index contributed by atoms with van der Waals surface area (Å²) >= 11 is 12.3. The molecule has 0 aliphatic heterocycles. The molecule has 4 aromatic rings. The van der Waals surface area contributed by atoms with Gasteiger partial charge in [-0.15, -0.1) is 0 Å². The van der Waals surface area contributed by atoms with Crippen LogP contribution in [0.3, 0.4) is 0 Å². The van der Waals surface area contributed by atoms with Crippen LogP contribution in [0.4, 0.5) is 5.69 Å². The number of hydrogen-bond acceptors (Lipinski definition) is 2. The molecule has 4 heteroatoms. The molecule has 4 aromatic carbocycles. The SMILES string of the molecule is Cc1ccc(N=Cc2c(OCc3cccc(Cl)c3)ccc3ccccc23)cc1Cl. The standard InChI is InChI=1S/C25H19Cl2NO/c1-17-9-11-21(14-24(17)27)28-15-23-22-8-3-2-6-19(22)10-12-25(23)29-16-18-5-4-7-20(26)13-18/h2-15H,16H2,1H3. The molecule has 0 amide bonds. The van der Waals surface area contributed by atoms with Crippen molar-refractivity contribution in [2.45, 2.75) is 13.5 Å². The first-order valence-corrected chi connectivity index (χ1v) is 10.0. The van der Waals surface area contributed by atoms with Crippen LogP contribution in [0, 0.1) is 6.92 Å². The lowest BCUT2D eigenvalue weighted by molar-refractivity contribution is 0.306. The fourth-order valence-electron chi connectivity index (χ4n) is 3.12. The zero-order chi connectivity index (χ0) is 20.2. The number of ether oxygens (including phenoxy) is 1. The number of aryl methyl sites for hydroxylation is 1. The number of benzene rings is 4. The molecule has 0 unspecified atom stereocenters. The van der Waals surface area contributed by atoms with Gasteiger partial charge in [-0.2, -0.15) is 0 Å². The lowest BCUT2D eigenvalue weighted by Crippen LogP contribution is -1.99. The van der Waals surface area contributed by atoms with Crippen molar-refractivity contribution in [2.24, 2.45) is 4.99 Å². The van der Waals surface area contributed by atoms with Gasteiger partial charge >= 0.3 is 0 Å². The molecule has 29 heavy (non-hydrogen) atoms. The lowest BCUT2D eigenvalue weighted by Gasteiger charge is -2.12. The largest absolute Gasteiger partial charge is 0.488 e. The first-order chi connectivity index (χ1) is 14.1. The van der Waals surface area contributed by atoms with Crippen molar-refractivity contribution >= 4 is 45.9 Å². The van der Waals surface area contributed by atoms with E-state index in [0.717, 1.165) is 38.9 Å². The van der Waals surface area contributed by atoms with Crippen molar-refractivity contribution in [3.63, 3.8) is 0 Å². The summed E-state index contributed by atoms with van der Waals surface area (Å²) < 4.78 is 6.14. The maximum atomic E-state index is 6.24. The fourth-order valence-corrected chi connectivity index (χ4v) is 3.51. The van der Waals surface area contributed by atoms with Crippen molar-refractivity contribution in [1.82, 2.24) is 0 Å². The first kappa shape index (κ1) is 19.5. The van der Waals surface area contributed by atoms with Crippen LogP contribution in [0.15, 0.2) is 83.9 Å². The Hall–Kier alpha value is -2.81. The average molecular weight is 420 g/mol. The van der Waals surface area contributed by atoms with Crippen LogP contribution < -0.4 is 4.74 Å². The van der Waals surface area contributed by atoms with Crippen LogP contribution in [0.1, 0.15) is 16.7 Å². The molecule has 2 nitrogen and oxygen atoms in total. The van der Waals surface area contributed by atoms with Gasteiger partial charge in [0, 0.05) is 21.8 Å². The van der Waals surface area contributed by atoms with E-state index in [1.54, 1.807) is 0 Å². The minimum Gasteiger partial charge on any atom is -0.488 e. The van der Waals surface area contributed by atoms with Crippen molar-refractivity contribution in [3.8, 4) is 5.75 Å². The number of fused-ring (bicyclic) bond motifs is 1.